The Kier molecular flexibility index (Phi) is 4.28. The molecule has 0 radical (unpaired) electrons. The number of sulfonamides is 2. The lowest BCUT2D eigenvalue weighted by molar-refractivity contribution is 0.594. The lowest BCUT2D eigenvalue weighted by Gasteiger charge is -2.08. The summed E-state index contributed by atoms with van der Waals surface area (Å²) < 4.78 is 50.9. The maximum atomic E-state index is 11.8. The van der Waals surface area contributed by atoms with E-state index in [0.717, 1.165) is 0 Å². The molecular formula is C9H10N6O4S2. The van der Waals surface area contributed by atoms with Crippen molar-refractivity contribution in [2.45, 2.75) is 0 Å². The minimum absolute atomic E-state index is 0.219. The summed E-state index contributed by atoms with van der Waals surface area (Å²) in [6.45, 7) is 0. The molecule has 2 N–H and O–H groups in total. The first-order chi connectivity index (χ1) is 9.86. The van der Waals surface area contributed by atoms with E-state index < -0.39 is 25.1 Å². The molecule has 2 heterocycles. The molecule has 0 unspecified atom stereocenters. The second kappa shape index (κ2) is 5.97. The van der Waals surface area contributed by atoms with E-state index in [0.29, 0.717) is 0 Å². The third kappa shape index (κ3) is 4.92. The van der Waals surface area contributed by atoms with Crippen molar-refractivity contribution in [2.24, 2.45) is 0 Å². The van der Waals surface area contributed by atoms with E-state index >= 15 is 0 Å². The van der Waals surface area contributed by atoms with Crippen molar-refractivity contribution in [3.63, 3.8) is 0 Å². The number of rotatable bonds is 6. The summed E-state index contributed by atoms with van der Waals surface area (Å²) in [7, 11) is -8.39. The molecule has 21 heavy (non-hydrogen) atoms. The molecule has 0 aliphatic carbocycles. The Bertz CT molecular complexity index is 725. The van der Waals surface area contributed by atoms with Crippen LogP contribution in [0.25, 0.3) is 0 Å². The summed E-state index contributed by atoms with van der Waals surface area (Å²) in [5.41, 5.74) is 0. The zero-order valence-electron chi connectivity index (χ0n) is 10.4. The van der Waals surface area contributed by atoms with Crippen molar-refractivity contribution in [1.82, 2.24) is 19.9 Å². The molecule has 112 valence electrons. The van der Waals surface area contributed by atoms with Crippen molar-refractivity contribution < 1.29 is 16.8 Å². The van der Waals surface area contributed by atoms with Crippen LogP contribution in [0.3, 0.4) is 0 Å². The first kappa shape index (κ1) is 15.1. The van der Waals surface area contributed by atoms with Crippen molar-refractivity contribution in [1.29, 1.82) is 0 Å². The normalized spacial score (nSPS) is 11.8. The molecule has 2 aromatic heterocycles. The first-order valence-electron chi connectivity index (χ1n) is 5.41. The topological polar surface area (TPSA) is 144 Å². The Morgan fingerprint density at radius 1 is 0.714 bits per heavy atom. The third-order valence-corrected chi connectivity index (χ3v) is 5.40. The lowest BCUT2D eigenvalue weighted by atomic mass is 10.7. The highest BCUT2D eigenvalue weighted by atomic mass is 32.3. The molecule has 0 saturated carbocycles. The van der Waals surface area contributed by atoms with Gasteiger partial charge in [-0.25, -0.2) is 36.8 Å². The van der Waals surface area contributed by atoms with E-state index in [1.54, 1.807) is 0 Å². The Morgan fingerprint density at radius 2 is 1.05 bits per heavy atom. The molecule has 2 aromatic rings. The van der Waals surface area contributed by atoms with Gasteiger partial charge in [0.2, 0.25) is 11.9 Å². The number of anilines is 2. The van der Waals surface area contributed by atoms with Gasteiger partial charge in [0.25, 0.3) is 20.0 Å². The van der Waals surface area contributed by atoms with Crippen LogP contribution >= 0.6 is 0 Å². The molecule has 0 aliphatic rings. The zero-order chi connectivity index (χ0) is 15.3. The summed E-state index contributed by atoms with van der Waals surface area (Å²) >= 11 is 0. The van der Waals surface area contributed by atoms with Crippen LogP contribution in [0.2, 0.25) is 0 Å². The predicted octanol–water partition coefficient (Wildman–Crippen LogP) is -0.592. The SMILES string of the molecule is O=S(=O)(CS(=O)(=O)Nc1ncccn1)Nc1ncccn1. The summed E-state index contributed by atoms with van der Waals surface area (Å²) in [6, 6.07) is 2.98. The Morgan fingerprint density at radius 3 is 1.38 bits per heavy atom. The number of nitrogens with zero attached hydrogens (tertiary/aromatic N) is 4. The molecule has 0 saturated heterocycles. The van der Waals surface area contributed by atoms with Crippen LogP contribution in [0.1, 0.15) is 0 Å². The van der Waals surface area contributed by atoms with Gasteiger partial charge in [0, 0.05) is 24.8 Å². The fourth-order valence-electron chi connectivity index (χ4n) is 1.24. The number of hydrogen-bond acceptors (Lipinski definition) is 8. The molecule has 0 amide bonds. The standard InChI is InChI=1S/C9H10N6O4S2/c16-20(17,14-8-10-3-1-4-11-8)7-21(18,19)15-9-12-5-2-6-13-9/h1-6H,7H2,(H,10,11,14)(H,12,13,15). The number of aromatic nitrogens is 4. The Balaban J connectivity index is 2.09. The van der Waals surface area contributed by atoms with Gasteiger partial charge >= 0.3 is 0 Å². The highest BCUT2D eigenvalue weighted by Gasteiger charge is 2.23. The molecule has 12 heteroatoms. The van der Waals surface area contributed by atoms with Crippen LogP contribution in [-0.4, -0.2) is 41.9 Å². The van der Waals surface area contributed by atoms with Crippen molar-refractivity contribution in [3.05, 3.63) is 36.9 Å². The van der Waals surface area contributed by atoms with Gasteiger partial charge < -0.3 is 0 Å². The van der Waals surface area contributed by atoms with Gasteiger partial charge in [-0.3, -0.25) is 9.44 Å². The van der Waals surface area contributed by atoms with Gasteiger partial charge in [-0.15, -0.1) is 0 Å². The smallest absolute Gasteiger partial charge is 0.250 e. The van der Waals surface area contributed by atoms with E-state index in [1.807, 2.05) is 9.44 Å². The van der Waals surface area contributed by atoms with Gasteiger partial charge in [0.1, 0.15) is 0 Å². The van der Waals surface area contributed by atoms with E-state index in [-0.39, 0.29) is 11.9 Å². The summed E-state index contributed by atoms with van der Waals surface area (Å²) in [5, 5.41) is -1.21. The average Bonchev–Trinajstić information content (AvgIpc) is 2.38. The van der Waals surface area contributed by atoms with Crippen LogP contribution in [0.15, 0.2) is 36.9 Å². The second-order valence-corrected chi connectivity index (χ2v) is 7.51. The average molecular weight is 330 g/mol. The highest BCUT2D eigenvalue weighted by molar-refractivity contribution is 8.09. The fraction of sp³-hybridized carbons (Fsp3) is 0.111. The monoisotopic (exact) mass is 330 g/mol. The van der Waals surface area contributed by atoms with Gasteiger partial charge in [-0.05, 0) is 12.1 Å². The van der Waals surface area contributed by atoms with E-state index in [1.165, 1.54) is 36.9 Å². The molecule has 0 atom stereocenters. The molecule has 0 aromatic carbocycles. The van der Waals surface area contributed by atoms with Crippen LogP contribution in [0.4, 0.5) is 11.9 Å². The lowest BCUT2D eigenvalue weighted by Crippen LogP contribution is -2.28. The highest BCUT2D eigenvalue weighted by Crippen LogP contribution is 2.05. The predicted molar refractivity (Wildman–Crippen MR) is 74.0 cm³/mol. The Labute approximate surface area is 120 Å². The Hall–Kier alpha value is -2.34. The third-order valence-electron chi connectivity index (χ3n) is 1.94. The molecule has 0 bridgehead atoms. The summed E-state index contributed by atoms with van der Waals surface area (Å²) in [4.78, 5) is 14.5. The number of nitrogens with one attached hydrogen (secondary N) is 2. The fourth-order valence-corrected chi connectivity index (χ4v) is 4.12. The van der Waals surface area contributed by atoms with Crippen LogP contribution in [0, 0.1) is 0 Å². The van der Waals surface area contributed by atoms with E-state index in [9.17, 15) is 16.8 Å². The first-order valence-corrected chi connectivity index (χ1v) is 8.72. The second-order valence-electron chi connectivity index (χ2n) is 3.70. The minimum atomic E-state index is -4.19. The quantitative estimate of drug-likeness (QED) is 0.715. The molecule has 0 fully saturated rings. The van der Waals surface area contributed by atoms with Crippen LogP contribution < -0.4 is 9.44 Å². The summed E-state index contributed by atoms with van der Waals surface area (Å²) in [5.74, 6) is -0.438. The van der Waals surface area contributed by atoms with E-state index in [2.05, 4.69) is 19.9 Å². The van der Waals surface area contributed by atoms with Gasteiger partial charge in [0.15, 0.2) is 5.08 Å². The summed E-state index contributed by atoms with van der Waals surface area (Å²) in [6.07, 6.45) is 5.26. The van der Waals surface area contributed by atoms with Crippen LogP contribution in [0.5, 0.6) is 0 Å². The van der Waals surface area contributed by atoms with Gasteiger partial charge in [0.05, 0.1) is 0 Å². The molecule has 2 rings (SSSR count). The maximum absolute atomic E-state index is 11.8. The van der Waals surface area contributed by atoms with Gasteiger partial charge in [-0.2, -0.15) is 0 Å². The van der Waals surface area contributed by atoms with Gasteiger partial charge in [-0.1, -0.05) is 0 Å². The molecular weight excluding hydrogens is 320 g/mol. The molecule has 0 aliphatic heterocycles. The largest absolute Gasteiger partial charge is 0.251 e. The maximum Gasteiger partial charge on any atom is 0.251 e. The molecule has 10 nitrogen and oxygen atoms in total. The van der Waals surface area contributed by atoms with Crippen molar-refractivity contribution in [3.8, 4) is 0 Å². The molecule has 0 spiro atoms. The van der Waals surface area contributed by atoms with Crippen LogP contribution in [-0.2, 0) is 20.0 Å². The van der Waals surface area contributed by atoms with E-state index in [4.69, 9.17) is 0 Å². The number of hydrogen-bond donors (Lipinski definition) is 2. The van der Waals surface area contributed by atoms with Crippen molar-refractivity contribution in [2.75, 3.05) is 14.5 Å². The van der Waals surface area contributed by atoms with Crippen molar-refractivity contribution >= 4 is 31.9 Å². The minimum Gasteiger partial charge on any atom is -0.250 e. The zero-order valence-corrected chi connectivity index (χ0v) is 12.0.